The van der Waals surface area contributed by atoms with E-state index in [0.29, 0.717) is 5.82 Å². The molecule has 3 rings (SSSR count). The molecule has 3 nitrogen and oxygen atoms in total. The second-order valence-corrected chi connectivity index (χ2v) is 6.07. The van der Waals surface area contributed by atoms with E-state index in [1.807, 2.05) is 30.3 Å². The molecule has 22 heavy (non-hydrogen) atoms. The standard InChI is InChI=1S/C18H17N3S/c1-12-8-10-14(11-9-12)13(2)16-17(19)21-18(22-16)20-15-6-4-3-5-7-15/h3-11H,2,19H2,1H3,(H,20,21). The minimum atomic E-state index is 0.508. The summed E-state index contributed by atoms with van der Waals surface area (Å²) < 4.78 is 0. The molecule has 0 radical (unpaired) electrons. The van der Waals surface area contributed by atoms with Crippen molar-refractivity contribution in [1.82, 2.24) is 4.98 Å². The number of para-hydroxylation sites is 1. The lowest BCUT2D eigenvalue weighted by Gasteiger charge is -2.04. The van der Waals surface area contributed by atoms with Crippen molar-refractivity contribution >= 4 is 33.5 Å². The van der Waals surface area contributed by atoms with Crippen LogP contribution >= 0.6 is 11.3 Å². The quantitative estimate of drug-likeness (QED) is 0.725. The summed E-state index contributed by atoms with van der Waals surface area (Å²) >= 11 is 1.51. The van der Waals surface area contributed by atoms with Crippen molar-refractivity contribution < 1.29 is 0 Å². The zero-order chi connectivity index (χ0) is 15.5. The van der Waals surface area contributed by atoms with Gasteiger partial charge in [-0.2, -0.15) is 0 Å². The van der Waals surface area contributed by atoms with Crippen LogP contribution in [0, 0.1) is 6.92 Å². The van der Waals surface area contributed by atoms with Crippen LogP contribution in [-0.4, -0.2) is 4.98 Å². The van der Waals surface area contributed by atoms with E-state index in [-0.39, 0.29) is 0 Å². The number of hydrogen-bond donors (Lipinski definition) is 2. The predicted molar refractivity (Wildman–Crippen MR) is 95.6 cm³/mol. The fourth-order valence-corrected chi connectivity index (χ4v) is 3.03. The molecule has 1 heterocycles. The van der Waals surface area contributed by atoms with E-state index >= 15 is 0 Å². The molecule has 3 aromatic rings. The van der Waals surface area contributed by atoms with Crippen LogP contribution in [0.15, 0.2) is 61.2 Å². The molecule has 110 valence electrons. The fourth-order valence-electron chi connectivity index (χ4n) is 2.13. The maximum Gasteiger partial charge on any atom is 0.189 e. The number of nitrogen functional groups attached to an aromatic ring is 1. The third kappa shape index (κ3) is 3.02. The van der Waals surface area contributed by atoms with Crippen molar-refractivity contribution in [3.8, 4) is 0 Å². The van der Waals surface area contributed by atoms with Crippen LogP contribution in [0.25, 0.3) is 5.57 Å². The highest BCUT2D eigenvalue weighted by Gasteiger charge is 2.13. The minimum absolute atomic E-state index is 0.508. The number of thiazole rings is 1. The van der Waals surface area contributed by atoms with Crippen LogP contribution in [0.3, 0.4) is 0 Å². The van der Waals surface area contributed by atoms with Crippen LogP contribution < -0.4 is 11.1 Å². The molecule has 2 aromatic carbocycles. The van der Waals surface area contributed by atoms with Gasteiger partial charge in [0.25, 0.3) is 0 Å². The Bertz CT molecular complexity index is 789. The Hall–Kier alpha value is -2.59. The molecule has 0 bridgehead atoms. The Morgan fingerprint density at radius 3 is 2.45 bits per heavy atom. The van der Waals surface area contributed by atoms with Gasteiger partial charge in [0.05, 0.1) is 4.88 Å². The first-order valence-electron chi connectivity index (χ1n) is 6.98. The van der Waals surface area contributed by atoms with Gasteiger partial charge in [-0.3, -0.25) is 0 Å². The third-order valence-corrected chi connectivity index (χ3v) is 4.40. The van der Waals surface area contributed by atoms with Crippen LogP contribution in [0.2, 0.25) is 0 Å². The first-order chi connectivity index (χ1) is 10.6. The average Bonchev–Trinajstić information content (AvgIpc) is 2.89. The van der Waals surface area contributed by atoms with Gasteiger partial charge in [0.1, 0.15) is 5.82 Å². The lowest BCUT2D eigenvalue weighted by Crippen LogP contribution is -1.92. The summed E-state index contributed by atoms with van der Waals surface area (Å²) in [6.45, 7) is 6.23. The number of rotatable bonds is 4. The number of nitrogens with one attached hydrogen (secondary N) is 1. The number of aromatic nitrogens is 1. The van der Waals surface area contributed by atoms with Crippen molar-refractivity contribution in [1.29, 1.82) is 0 Å². The highest BCUT2D eigenvalue weighted by atomic mass is 32.1. The summed E-state index contributed by atoms with van der Waals surface area (Å²) in [4.78, 5) is 5.30. The van der Waals surface area contributed by atoms with Crippen molar-refractivity contribution in [3.63, 3.8) is 0 Å². The highest BCUT2D eigenvalue weighted by Crippen LogP contribution is 2.35. The van der Waals surface area contributed by atoms with E-state index in [0.717, 1.165) is 26.8 Å². The van der Waals surface area contributed by atoms with Gasteiger partial charge in [0.15, 0.2) is 5.13 Å². The molecule has 0 amide bonds. The van der Waals surface area contributed by atoms with E-state index in [1.54, 1.807) is 0 Å². The zero-order valence-electron chi connectivity index (χ0n) is 12.3. The zero-order valence-corrected chi connectivity index (χ0v) is 13.2. The molecular weight excluding hydrogens is 290 g/mol. The van der Waals surface area contributed by atoms with Crippen LogP contribution in [0.4, 0.5) is 16.6 Å². The number of benzene rings is 2. The molecule has 0 fully saturated rings. The summed E-state index contributed by atoms with van der Waals surface area (Å²) in [6.07, 6.45) is 0. The molecule has 4 heteroatoms. The van der Waals surface area contributed by atoms with Crippen LogP contribution in [0.1, 0.15) is 16.0 Å². The summed E-state index contributed by atoms with van der Waals surface area (Å²) in [5.41, 5.74) is 10.2. The van der Waals surface area contributed by atoms with Crippen molar-refractivity contribution in [2.24, 2.45) is 0 Å². The van der Waals surface area contributed by atoms with Gasteiger partial charge in [0.2, 0.25) is 0 Å². The average molecular weight is 307 g/mol. The lowest BCUT2D eigenvalue weighted by molar-refractivity contribution is 1.38. The topological polar surface area (TPSA) is 50.9 Å². The molecule has 0 aliphatic rings. The normalized spacial score (nSPS) is 10.4. The Kier molecular flexibility index (Phi) is 3.94. The monoisotopic (exact) mass is 307 g/mol. The maximum atomic E-state index is 6.06. The van der Waals surface area contributed by atoms with Crippen LogP contribution in [0.5, 0.6) is 0 Å². The molecule has 0 aliphatic heterocycles. The summed E-state index contributed by atoms with van der Waals surface area (Å²) in [5.74, 6) is 0.508. The van der Waals surface area contributed by atoms with Gasteiger partial charge in [-0.15, -0.1) is 0 Å². The SMILES string of the molecule is C=C(c1ccc(C)cc1)c1sc(Nc2ccccc2)nc1N. The predicted octanol–water partition coefficient (Wildman–Crippen LogP) is 4.84. The summed E-state index contributed by atoms with van der Waals surface area (Å²) in [7, 11) is 0. The molecule has 1 aromatic heterocycles. The first-order valence-corrected chi connectivity index (χ1v) is 7.80. The highest BCUT2D eigenvalue weighted by molar-refractivity contribution is 7.17. The van der Waals surface area contributed by atoms with Crippen molar-refractivity contribution in [3.05, 3.63) is 77.2 Å². The third-order valence-electron chi connectivity index (χ3n) is 3.35. The fraction of sp³-hybridized carbons (Fsp3) is 0.0556. The molecular formula is C18H17N3S. The maximum absolute atomic E-state index is 6.06. The number of hydrogen-bond acceptors (Lipinski definition) is 4. The second kappa shape index (κ2) is 6.03. The lowest BCUT2D eigenvalue weighted by atomic mass is 10.0. The van der Waals surface area contributed by atoms with Crippen molar-refractivity contribution in [2.45, 2.75) is 6.92 Å². The van der Waals surface area contributed by atoms with Crippen LogP contribution in [-0.2, 0) is 0 Å². The summed E-state index contributed by atoms with van der Waals surface area (Å²) in [6, 6.07) is 18.2. The first kappa shape index (κ1) is 14.4. The Morgan fingerprint density at radius 2 is 1.77 bits per heavy atom. The van der Waals surface area contributed by atoms with E-state index in [4.69, 9.17) is 5.73 Å². The van der Waals surface area contributed by atoms with Crippen molar-refractivity contribution in [2.75, 3.05) is 11.1 Å². The van der Waals surface area contributed by atoms with E-state index in [1.165, 1.54) is 16.9 Å². The molecule has 3 N–H and O–H groups in total. The Balaban J connectivity index is 1.86. The minimum Gasteiger partial charge on any atom is -0.382 e. The number of nitrogens with two attached hydrogens (primary N) is 1. The van der Waals surface area contributed by atoms with Gasteiger partial charge in [-0.1, -0.05) is 65.9 Å². The molecule has 0 spiro atoms. The second-order valence-electron chi connectivity index (χ2n) is 5.07. The van der Waals surface area contributed by atoms with E-state index in [2.05, 4.69) is 48.1 Å². The largest absolute Gasteiger partial charge is 0.382 e. The molecule has 0 saturated carbocycles. The van der Waals surface area contributed by atoms with E-state index < -0.39 is 0 Å². The Labute approximate surface area is 134 Å². The molecule has 0 aliphatic carbocycles. The number of nitrogens with zero attached hydrogens (tertiary/aromatic N) is 1. The van der Waals surface area contributed by atoms with Gasteiger partial charge in [-0.05, 0) is 30.2 Å². The number of anilines is 3. The van der Waals surface area contributed by atoms with Gasteiger partial charge < -0.3 is 11.1 Å². The smallest absolute Gasteiger partial charge is 0.189 e. The molecule has 0 unspecified atom stereocenters. The van der Waals surface area contributed by atoms with E-state index in [9.17, 15) is 0 Å². The molecule has 0 atom stereocenters. The van der Waals surface area contributed by atoms with Gasteiger partial charge >= 0.3 is 0 Å². The number of aryl methyl sites for hydroxylation is 1. The van der Waals surface area contributed by atoms with Gasteiger partial charge in [0, 0.05) is 5.69 Å². The Morgan fingerprint density at radius 1 is 1.09 bits per heavy atom. The van der Waals surface area contributed by atoms with Gasteiger partial charge in [-0.25, -0.2) is 4.98 Å². The molecule has 0 saturated heterocycles. The summed E-state index contributed by atoms with van der Waals surface area (Å²) in [5, 5.41) is 4.04.